The second kappa shape index (κ2) is 8.73. The van der Waals surface area contributed by atoms with E-state index in [1.54, 1.807) is 37.3 Å². The Kier molecular flexibility index (Phi) is 6.10. The van der Waals surface area contributed by atoms with E-state index in [2.05, 4.69) is 5.32 Å². The van der Waals surface area contributed by atoms with E-state index in [1.807, 2.05) is 13.0 Å². The molecular weight excluding hydrogens is 390 g/mol. The van der Waals surface area contributed by atoms with E-state index in [-0.39, 0.29) is 24.6 Å². The highest BCUT2D eigenvalue weighted by Crippen LogP contribution is 2.30. The molecule has 0 bridgehead atoms. The minimum atomic E-state index is -0.746. The van der Waals surface area contributed by atoms with E-state index in [4.69, 9.17) is 4.74 Å². The molecule has 2 aromatic rings. The summed E-state index contributed by atoms with van der Waals surface area (Å²) in [7, 11) is 0. The molecule has 30 heavy (non-hydrogen) atoms. The first-order valence-electron chi connectivity index (χ1n) is 9.33. The molecule has 0 aliphatic carbocycles. The fourth-order valence-corrected chi connectivity index (χ4v) is 3.25. The van der Waals surface area contributed by atoms with Gasteiger partial charge in [0.1, 0.15) is 0 Å². The Morgan fingerprint density at radius 3 is 2.70 bits per heavy atom. The Hall–Kier alpha value is -3.75. The number of anilines is 2. The molecule has 0 unspecified atom stereocenters. The first-order valence-corrected chi connectivity index (χ1v) is 9.33. The van der Waals surface area contributed by atoms with E-state index >= 15 is 0 Å². The van der Waals surface area contributed by atoms with Gasteiger partial charge in [-0.15, -0.1) is 0 Å². The van der Waals surface area contributed by atoms with Gasteiger partial charge in [-0.25, -0.2) is 0 Å². The van der Waals surface area contributed by atoms with Crippen LogP contribution in [0.1, 0.15) is 17.5 Å². The Morgan fingerprint density at radius 2 is 2.00 bits per heavy atom. The van der Waals surface area contributed by atoms with Crippen LogP contribution in [0, 0.1) is 29.9 Å². The number of nitrogens with zero attached hydrogens (tertiary/aromatic N) is 2. The molecule has 1 N–H and O–H groups in total. The number of carbonyl (C=O) groups excluding carboxylic acids is 3. The van der Waals surface area contributed by atoms with E-state index in [0.717, 1.165) is 5.56 Å². The number of ether oxygens (including phenoxy) is 1. The summed E-state index contributed by atoms with van der Waals surface area (Å²) >= 11 is 0. The highest BCUT2D eigenvalue weighted by molar-refractivity contribution is 6.00. The second-order valence-electron chi connectivity index (χ2n) is 7.16. The van der Waals surface area contributed by atoms with Gasteiger partial charge in [0, 0.05) is 30.3 Å². The molecule has 0 aromatic heterocycles. The highest BCUT2D eigenvalue weighted by Gasteiger charge is 2.37. The first kappa shape index (κ1) is 21.0. The largest absolute Gasteiger partial charge is 0.455 e. The van der Waals surface area contributed by atoms with Gasteiger partial charge in [-0.2, -0.15) is 0 Å². The van der Waals surface area contributed by atoms with E-state index in [0.29, 0.717) is 16.9 Å². The lowest BCUT2D eigenvalue weighted by Gasteiger charge is -2.16. The number of nitro benzene ring substituents is 1. The Labute approximate surface area is 172 Å². The van der Waals surface area contributed by atoms with Crippen LogP contribution in [0.15, 0.2) is 42.5 Å². The minimum Gasteiger partial charge on any atom is -0.455 e. The van der Waals surface area contributed by atoms with Gasteiger partial charge in [0.2, 0.25) is 5.91 Å². The van der Waals surface area contributed by atoms with Gasteiger partial charge in [-0.3, -0.25) is 24.5 Å². The number of carbonyl (C=O) groups is 3. The molecule has 2 aromatic carbocycles. The van der Waals surface area contributed by atoms with Crippen LogP contribution in [-0.2, 0) is 19.1 Å². The van der Waals surface area contributed by atoms with Crippen molar-refractivity contribution in [2.75, 3.05) is 23.4 Å². The Balaban J connectivity index is 1.58. The standard InChI is InChI=1S/C21H21N3O6/c1-13-4-3-5-16(8-13)22-19(25)12-30-21(27)15-9-20(26)23(11-15)17-7-6-14(2)18(10-17)24(28)29/h3-8,10,15H,9,11-12H2,1-2H3,(H,22,25)/t15-/m0/s1. The third kappa shape index (κ3) is 4.80. The third-order valence-corrected chi connectivity index (χ3v) is 4.81. The smallest absolute Gasteiger partial charge is 0.311 e. The van der Waals surface area contributed by atoms with Crippen molar-refractivity contribution in [2.24, 2.45) is 5.92 Å². The molecule has 9 heteroatoms. The fourth-order valence-electron chi connectivity index (χ4n) is 3.25. The number of hydrogen-bond donors (Lipinski definition) is 1. The van der Waals surface area contributed by atoms with Crippen molar-refractivity contribution in [3.8, 4) is 0 Å². The van der Waals surface area contributed by atoms with Gasteiger partial charge in [0.25, 0.3) is 11.6 Å². The predicted molar refractivity (Wildman–Crippen MR) is 109 cm³/mol. The van der Waals surface area contributed by atoms with Crippen LogP contribution in [0.4, 0.5) is 17.1 Å². The van der Waals surface area contributed by atoms with Gasteiger partial charge < -0.3 is 15.0 Å². The van der Waals surface area contributed by atoms with Crippen molar-refractivity contribution in [2.45, 2.75) is 20.3 Å². The third-order valence-electron chi connectivity index (χ3n) is 4.81. The van der Waals surface area contributed by atoms with Crippen LogP contribution in [0.2, 0.25) is 0 Å². The van der Waals surface area contributed by atoms with Crippen molar-refractivity contribution in [3.63, 3.8) is 0 Å². The summed E-state index contributed by atoms with van der Waals surface area (Å²) < 4.78 is 5.07. The van der Waals surface area contributed by atoms with Crippen LogP contribution in [-0.4, -0.2) is 35.9 Å². The summed E-state index contributed by atoms with van der Waals surface area (Å²) in [5, 5.41) is 13.8. The molecule has 156 valence electrons. The molecule has 1 aliphatic rings. The molecule has 1 saturated heterocycles. The van der Waals surface area contributed by atoms with Crippen LogP contribution >= 0.6 is 0 Å². The average molecular weight is 411 g/mol. The summed E-state index contributed by atoms with van der Waals surface area (Å²) in [6, 6.07) is 11.7. The number of nitro groups is 1. The summed E-state index contributed by atoms with van der Waals surface area (Å²) in [4.78, 5) is 48.6. The van der Waals surface area contributed by atoms with Crippen molar-refractivity contribution < 1.29 is 24.0 Å². The fraction of sp³-hybridized carbons (Fsp3) is 0.286. The molecule has 1 heterocycles. The molecular formula is C21H21N3O6. The van der Waals surface area contributed by atoms with E-state index < -0.39 is 29.3 Å². The Morgan fingerprint density at radius 1 is 1.23 bits per heavy atom. The van der Waals surface area contributed by atoms with Gasteiger partial charge in [-0.1, -0.05) is 18.2 Å². The monoisotopic (exact) mass is 411 g/mol. The highest BCUT2D eigenvalue weighted by atomic mass is 16.6. The molecule has 0 saturated carbocycles. The maximum absolute atomic E-state index is 12.3. The van der Waals surface area contributed by atoms with Crippen molar-refractivity contribution in [3.05, 3.63) is 63.7 Å². The van der Waals surface area contributed by atoms with Crippen molar-refractivity contribution in [1.82, 2.24) is 0 Å². The lowest BCUT2D eigenvalue weighted by molar-refractivity contribution is -0.385. The van der Waals surface area contributed by atoms with Gasteiger partial charge in [0.05, 0.1) is 16.5 Å². The summed E-state index contributed by atoms with van der Waals surface area (Å²) in [6.07, 6.45) is -0.0833. The summed E-state index contributed by atoms with van der Waals surface area (Å²) in [6.45, 7) is 3.07. The number of nitrogens with one attached hydrogen (secondary N) is 1. The van der Waals surface area contributed by atoms with Gasteiger partial charge in [-0.05, 0) is 37.6 Å². The number of hydrogen-bond acceptors (Lipinski definition) is 6. The molecule has 1 atom stereocenters. The average Bonchev–Trinajstić information content (AvgIpc) is 3.08. The zero-order valence-corrected chi connectivity index (χ0v) is 16.6. The molecule has 1 aliphatic heterocycles. The number of aryl methyl sites for hydroxylation is 2. The first-order chi connectivity index (χ1) is 14.2. The van der Waals surface area contributed by atoms with E-state index in [9.17, 15) is 24.5 Å². The number of benzene rings is 2. The van der Waals surface area contributed by atoms with Crippen LogP contribution < -0.4 is 10.2 Å². The lowest BCUT2D eigenvalue weighted by atomic mass is 10.1. The van der Waals surface area contributed by atoms with Crippen LogP contribution in [0.25, 0.3) is 0 Å². The molecule has 9 nitrogen and oxygen atoms in total. The molecule has 2 amide bonds. The Bertz CT molecular complexity index is 1020. The molecule has 3 rings (SSSR count). The molecule has 0 radical (unpaired) electrons. The predicted octanol–water partition coefficient (Wildman–Crippen LogP) is 2.75. The zero-order chi connectivity index (χ0) is 21.8. The number of esters is 1. The number of amides is 2. The molecule has 0 spiro atoms. The normalized spacial score (nSPS) is 15.7. The minimum absolute atomic E-state index is 0.0391. The molecule has 1 fully saturated rings. The van der Waals surface area contributed by atoms with Crippen molar-refractivity contribution in [1.29, 1.82) is 0 Å². The number of rotatable bonds is 6. The van der Waals surface area contributed by atoms with Gasteiger partial charge >= 0.3 is 5.97 Å². The summed E-state index contributed by atoms with van der Waals surface area (Å²) in [5.74, 6) is -2.22. The van der Waals surface area contributed by atoms with E-state index in [1.165, 1.54) is 11.0 Å². The second-order valence-corrected chi connectivity index (χ2v) is 7.16. The maximum atomic E-state index is 12.3. The summed E-state index contributed by atoms with van der Waals surface area (Å²) in [5.41, 5.74) is 2.31. The topological polar surface area (TPSA) is 119 Å². The maximum Gasteiger partial charge on any atom is 0.311 e. The van der Waals surface area contributed by atoms with Crippen LogP contribution in [0.3, 0.4) is 0 Å². The van der Waals surface area contributed by atoms with Gasteiger partial charge in [0.15, 0.2) is 6.61 Å². The zero-order valence-electron chi connectivity index (χ0n) is 16.6. The van der Waals surface area contributed by atoms with Crippen LogP contribution in [0.5, 0.6) is 0 Å². The van der Waals surface area contributed by atoms with Crippen molar-refractivity contribution >= 4 is 34.8 Å². The quantitative estimate of drug-likeness (QED) is 0.443. The SMILES string of the molecule is Cc1cccc(NC(=O)COC(=O)[C@H]2CC(=O)N(c3ccc(C)c([N+](=O)[O-])c3)C2)c1. The lowest BCUT2D eigenvalue weighted by Crippen LogP contribution is -2.28.